The molecule has 18 heavy (non-hydrogen) atoms. The molecule has 0 aromatic carbocycles. The minimum absolute atomic E-state index is 0.127. The van der Waals surface area contributed by atoms with Crippen LogP contribution in [0, 0.1) is 0 Å². The van der Waals surface area contributed by atoms with Crippen molar-refractivity contribution < 1.29 is 14.6 Å². The van der Waals surface area contributed by atoms with Gasteiger partial charge in [0.2, 0.25) is 4.93 Å². The smallest absolute Gasteiger partial charge is 0.351 e. The first kappa shape index (κ1) is 12.9. The van der Waals surface area contributed by atoms with Crippen LogP contribution >= 0.6 is 11.8 Å². The molecule has 1 aliphatic heterocycles. The maximum Gasteiger partial charge on any atom is 0.351 e. The molecule has 0 unspecified atom stereocenters. The third-order valence-electron chi connectivity index (χ3n) is 2.74. The lowest BCUT2D eigenvalue weighted by molar-refractivity contribution is -0.160. The van der Waals surface area contributed by atoms with Crippen LogP contribution in [0.2, 0.25) is 0 Å². The highest BCUT2D eigenvalue weighted by atomic mass is 32.2. The number of aliphatic carboxylic acids is 1. The molecule has 2 heterocycles. The van der Waals surface area contributed by atoms with E-state index in [1.165, 1.54) is 28.6 Å². The van der Waals surface area contributed by atoms with Gasteiger partial charge in [0.15, 0.2) is 0 Å². The number of rotatable bonds is 3. The summed E-state index contributed by atoms with van der Waals surface area (Å²) in [6.45, 7) is 1.73. The van der Waals surface area contributed by atoms with Crippen molar-refractivity contribution in [2.75, 3.05) is 11.5 Å². The summed E-state index contributed by atoms with van der Waals surface area (Å²) in [5.74, 6) is -0.526. The lowest BCUT2D eigenvalue weighted by Crippen LogP contribution is -2.36. The van der Waals surface area contributed by atoms with Crippen LogP contribution in [-0.4, -0.2) is 31.3 Å². The zero-order chi connectivity index (χ0) is 13.3. The van der Waals surface area contributed by atoms with E-state index in [9.17, 15) is 14.7 Å². The number of carbonyl (C=O) groups is 1. The molecule has 0 radical (unpaired) electrons. The molecule has 3 N–H and O–H groups in total. The van der Waals surface area contributed by atoms with E-state index < -0.39 is 22.8 Å². The van der Waals surface area contributed by atoms with Crippen LogP contribution in [0.25, 0.3) is 0 Å². The summed E-state index contributed by atoms with van der Waals surface area (Å²) in [5, 5.41) is 9.17. The van der Waals surface area contributed by atoms with Crippen LogP contribution in [0.4, 0.5) is 5.82 Å². The number of carboxylic acids is 1. The summed E-state index contributed by atoms with van der Waals surface area (Å²) in [6, 6.07) is 1.47. The van der Waals surface area contributed by atoms with E-state index in [-0.39, 0.29) is 5.82 Å². The fourth-order valence-electron chi connectivity index (χ4n) is 1.72. The molecule has 98 valence electrons. The van der Waals surface area contributed by atoms with E-state index in [0.717, 1.165) is 0 Å². The van der Waals surface area contributed by atoms with E-state index in [1.54, 1.807) is 6.92 Å². The first-order valence-electron chi connectivity index (χ1n) is 5.38. The highest BCUT2D eigenvalue weighted by Crippen LogP contribution is 2.43. The lowest BCUT2D eigenvalue weighted by atomic mass is 10.3. The molecule has 0 saturated carbocycles. The van der Waals surface area contributed by atoms with Gasteiger partial charge in [-0.3, -0.25) is 4.57 Å². The zero-order valence-corrected chi connectivity index (χ0v) is 10.5. The molecule has 1 aromatic rings. The van der Waals surface area contributed by atoms with Crippen LogP contribution < -0.4 is 11.4 Å². The Morgan fingerprint density at radius 2 is 2.56 bits per heavy atom. The van der Waals surface area contributed by atoms with Gasteiger partial charge >= 0.3 is 11.7 Å². The normalized spacial score (nSPS) is 27.3. The Balaban J connectivity index is 2.28. The number of aromatic nitrogens is 2. The summed E-state index contributed by atoms with van der Waals surface area (Å²) in [6.07, 6.45) is 1.15. The SMILES string of the molecule is CC[C@]1(C(=O)O)O[C@@H](n2ccc(N)nc2=O)CS1. The van der Waals surface area contributed by atoms with Gasteiger partial charge in [0.05, 0.1) is 0 Å². The Kier molecular flexibility index (Phi) is 3.31. The van der Waals surface area contributed by atoms with Gasteiger partial charge < -0.3 is 15.6 Å². The summed E-state index contributed by atoms with van der Waals surface area (Å²) in [7, 11) is 0. The third-order valence-corrected chi connectivity index (χ3v) is 4.22. The summed E-state index contributed by atoms with van der Waals surface area (Å²) in [5.41, 5.74) is 4.85. The second-order valence-electron chi connectivity index (χ2n) is 3.84. The Bertz CT molecular complexity index is 532. The average Bonchev–Trinajstić information content (AvgIpc) is 2.74. The molecule has 1 saturated heterocycles. The Morgan fingerprint density at radius 3 is 3.06 bits per heavy atom. The quantitative estimate of drug-likeness (QED) is 0.812. The van der Waals surface area contributed by atoms with Gasteiger partial charge in [-0.05, 0) is 12.5 Å². The number of thioether (sulfide) groups is 1. The number of ether oxygens (including phenoxy) is 1. The molecule has 0 spiro atoms. The van der Waals surface area contributed by atoms with Crippen molar-refractivity contribution in [2.45, 2.75) is 24.5 Å². The second-order valence-corrected chi connectivity index (χ2v) is 5.12. The minimum Gasteiger partial charge on any atom is -0.478 e. The molecule has 8 heteroatoms. The molecule has 1 fully saturated rings. The highest BCUT2D eigenvalue weighted by Gasteiger charge is 2.47. The van der Waals surface area contributed by atoms with Crippen molar-refractivity contribution in [1.82, 2.24) is 9.55 Å². The van der Waals surface area contributed by atoms with Crippen LogP contribution in [0.5, 0.6) is 0 Å². The number of nitrogens with two attached hydrogens (primary N) is 1. The summed E-state index contributed by atoms with van der Waals surface area (Å²) >= 11 is 1.17. The number of nitrogen functional groups attached to an aromatic ring is 1. The largest absolute Gasteiger partial charge is 0.478 e. The van der Waals surface area contributed by atoms with Gasteiger partial charge in [-0.1, -0.05) is 6.92 Å². The standard InChI is InChI=1S/C10H13N3O4S/c1-2-10(8(14)15)17-7(5-18-10)13-4-3-6(11)12-9(13)16/h3-4,7H,2,5H2,1H3,(H,14,15)(H2,11,12,16)/t7-,10+/m1/s1. The number of anilines is 1. The van der Waals surface area contributed by atoms with E-state index in [1.807, 2.05) is 0 Å². The van der Waals surface area contributed by atoms with Crippen LogP contribution in [0.1, 0.15) is 19.6 Å². The van der Waals surface area contributed by atoms with Crippen LogP contribution in [0.3, 0.4) is 0 Å². The fraction of sp³-hybridized carbons (Fsp3) is 0.500. The van der Waals surface area contributed by atoms with E-state index in [4.69, 9.17) is 10.5 Å². The number of nitrogens with zero attached hydrogens (tertiary/aromatic N) is 2. The minimum atomic E-state index is -1.29. The van der Waals surface area contributed by atoms with Crippen molar-refractivity contribution in [3.63, 3.8) is 0 Å². The molecule has 1 aliphatic rings. The Labute approximate surface area is 107 Å². The van der Waals surface area contributed by atoms with Crippen molar-refractivity contribution in [3.8, 4) is 0 Å². The monoisotopic (exact) mass is 271 g/mol. The number of hydrogen-bond donors (Lipinski definition) is 2. The predicted octanol–water partition coefficient (Wildman–Crippen LogP) is 0.278. The van der Waals surface area contributed by atoms with Gasteiger partial charge in [-0.25, -0.2) is 9.59 Å². The Morgan fingerprint density at radius 1 is 1.83 bits per heavy atom. The maximum absolute atomic E-state index is 11.6. The molecule has 0 aliphatic carbocycles. The Hall–Kier alpha value is -1.54. The molecule has 2 rings (SSSR count). The highest BCUT2D eigenvalue weighted by molar-refractivity contribution is 8.01. The number of hydrogen-bond acceptors (Lipinski definition) is 6. The average molecular weight is 271 g/mol. The van der Waals surface area contributed by atoms with Crippen LogP contribution in [0.15, 0.2) is 17.1 Å². The van der Waals surface area contributed by atoms with Gasteiger partial charge in [-0.15, -0.1) is 11.8 Å². The molecular weight excluding hydrogens is 258 g/mol. The molecule has 0 amide bonds. The fourth-order valence-corrected chi connectivity index (χ4v) is 2.87. The summed E-state index contributed by atoms with van der Waals surface area (Å²) < 4.78 is 6.77. The van der Waals surface area contributed by atoms with Crippen molar-refractivity contribution in [1.29, 1.82) is 0 Å². The van der Waals surface area contributed by atoms with Crippen molar-refractivity contribution >= 4 is 23.5 Å². The molecule has 2 atom stereocenters. The molecular formula is C10H13N3O4S. The van der Waals surface area contributed by atoms with Crippen molar-refractivity contribution in [3.05, 3.63) is 22.7 Å². The first-order chi connectivity index (χ1) is 8.48. The van der Waals surface area contributed by atoms with Crippen molar-refractivity contribution in [2.24, 2.45) is 0 Å². The molecule has 0 bridgehead atoms. The zero-order valence-electron chi connectivity index (χ0n) is 9.70. The van der Waals surface area contributed by atoms with Gasteiger partial charge in [0.25, 0.3) is 0 Å². The molecule has 7 nitrogen and oxygen atoms in total. The van der Waals surface area contributed by atoms with Gasteiger partial charge in [0, 0.05) is 11.9 Å². The van der Waals surface area contributed by atoms with Crippen LogP contribution in [-0.2, 0) is 9.53 Å². The van der Waals surface area contributed by atoms with E-state index in [0.29, 0.717) is 12.2 Å². The summed E-state index contributed by atoms with van der Waals surface area (Å²) in [4.78, 5) is 25.1. The van der Waals surface area contributed by atoms with Gasteiger partial charge in [0.1, 0.15) is 12.0 Å². The predicted molar refractivity (Wildman–Crippen MR) is 66.1 cm³/mol. The van der Waals surface area contributed by atoms with Gasteiger partial charge in [-0.2, -0.15) is 4.98 Å². The number of carboxylic acid groups (broad SMARTS) is 1. The van der Waals surface area contributed by atoms with E-state index >= 15 is 0 Å². The van der Waals surface area contributed by atoms with E-state index in [2.05, 4.69) is 4.98 Å². The lowest BCUT2D eigenvalue weighted by Gasteiger charge is -2.22. The molecule has 1 aromatic heterocycles. The topological polar surface area (TPSA) is 107 Å². The first-order valence-corrected chi connectivity index (χ1v) is 6.37. The maximum atomic E-state index is 11.6. The third kappa shape index (κ3) is 2.08. The second kappa shape index (κ2) is 4.62.